The van der Waals surface area contributed by atoms with Crippen LogP contribution in [0, 0.1) is 5.92 Å². The second-order valence-electron chi connectivity index (χ2n) is 5.71. The highest BCUT2D eigenvalue weighted by Crippen LogP contribution is 2.34. The predicted molar refractivity (Wildman–Crippen MR) is 69.9 cm³/mol. The van der Waals surface area contributed by atoms with Crippen LogP contribution >= 0.6 is 0 Å². The number of nitrogens with zero attached hydrogens (tertiary/aromatic N) is 2. The molecule has 1 aromatic heterocycles. The van der Waals surface area contributed by atoms with Crippen molar-refractivity contribution in [2.75, 3.05) is 20.2 Å². The molecule has 1 aromatic rings. The number of hydrogen-bond acceptors (Lipinski definition) is 3. The van der Waals surface area contributed by atoms with Gasteiger partial charge in [0.25, 0.3) is 5.92 Å². The Balaban J connectivity index is 1.95. The largest absolute Gasteiger partial charge is 0.476 e. The zero-order valence-electron chi connectivity index (χ0n) is 12.2. The number of ether oxygens (including phenoxy) is 1. The molecule has 2 rings (SSSR count). The van der Waals surface area contributed by atoms with Gasteiger partial charge in [-0.05, 0) is 19.0 Å². The van der Waals surface area contributed by atoms with Gasteiger partial charge in [-0.1, -0.05) is 6.92 Å². The second-order valence-corrected chi connectivity index (χ2v) is 5.71. The molecule has 1 aliphatic rings. The summed E-state index contributed by atoms with van der Waals surface area (Å²) in [6, 6.07) is 1.78. The average molecular weight is 324 g/mol. The van der Waals surface area contributed by atoms with E-state index in [1.165, 1.54) is 4.90 Å². The molecule has 0 spiro atoms. The van der Waals surface area contributed by atoms with Gasteiger partial charge in [-0.25, -0.2) is 13.8 Å². The molecule has 3 nitrogen and oxygen atoms in total. The number of hydrogen-bond donors (Lipinski definition) is 0. The van der Waals surface area contributed by atoms with Gasteiger partial charge in [-0.2, -0.15) is 13.2 Å². The molecule has 1 saturated heterocycles. The van der Waals surface area contributed by atoms with E-state index in [0.29, 0.717) is 6.20 Å². The summed E-state index contributed by atoms with van der Waals surface area (Å²) in [6.07, 6.45) is -3.99. The van der Waals surface area contributed by atoms with Crippen LogP contribution in [-0.2, 0) is 6.18 Å². The lowest BCUT2D eigenvalue weighted by atomic mass is 9.89. The van der Waals surface area contributed by atoms with Gasteiger partial charge >= 0.3 is 6.18 Å². The topological polar surface area (TPSA) is 25.4 Å². The number of piperidine rings is 1. The van der Waals surface area contributed by atoms with Crippen molar-refractivity contribution in [1.29, 1.82) is 0 Å². The minimum Gasteiger partial charge on any atom is -0.476 e. The minimum atomic E-state index is -4.45. The Kier molecular flexibility index (Phi) is 4.60. The van der Waals surface area contributed by atoms with E-state index in [2.05, 4.69) is 4.98 Å². The van der Waals surface area contributed by atoms with E-state index in [1.54, 1.807) is 14.0 Å². The highest BCUT2D eigenvalue weighted by atomic mass is 19.4. The third-order valence-corrected chi connectivity index (χ3v) is 3.79. The molecule has 2 atom stereocenters. The molecule has 8 heteroatoms. The first-order chi connectivity index (χ1) is 10.1. The van der Waals surface area contributed by atoms with Gasteiger partial charge in [0, 0.05) is 24.7 Å². The fourth-order valence-electron chi connectivity index (χ4n) is 2.68. The lowest BCUT2D eigenvalue weighted by Gasteiger charge is -2.41. The number of alkyl halides is 5. The average Bonchev–Trinajstić information content (AvgIpc) is 2.35. The molecule has 1 fully saturated rings. The van der Waals surface area contributed by atoms with Crippen LogP contribution < -0.4 is 4.74 Å². The molecule has 0 bridgehead atoms. The van der Waals surface area contributed by atoms with Gasteiger partial charge in [0.15, 0.2) is 0 Å². The number of aromatic nitrogens is 1. The van der Waals surface area contributed by atoms with Crippen molar-refractivity contribution in [3.05, 3.63) is 23.9 Å². The molecule has 0 aromatic carbocycles. The molecular formula is C14H17F5N2O. The smallest absolute Gasteiger partial charge is 0.417 e. The standard InChI is InChI=1S/C14H17F5N2O/c1-9-5-13(15,16)8-21(2)11(9)7-22-12-4-3-10(6-20-12)14(17,18)19/h3-4,6,9,11H,5,7-8H2,1-2H3/t9-,11-/m1/s1. The van der Waals surface area contributed by atoms with Crippen molar-refractivity contribution in [3.8, 4) is 5.88 Å². The summed E-state index contributed by atoms with van der Waals surface area (Å²) in [7, 11) is 1.58. The van der Waals surface area contributed by atoms with Gasteiger partial charge in [-0.3, -0.25) is 4.90 Å². The van der Waals surface area contributed by atoms with Crippen LogP contribution in [0.4, 0.5) is 22.0 Å². The number of halogens is 5. The first-order valence-electron chi connectivity index (χ1n) is 6.82. The Bertz CT molecular complexity index is 489. The number of rotatable bonds is 3. The normalized spacial score (nSPS) is 26.0. The quantitative estimate of drug-likeness (QED) is 0.796. The summed E-state index contributed by atoms with van der Waals surface area (Å²) >= 11 is 0. The fraction of sp³-hybridized carbons (Fsp3) is 0.643. The Labute approximate surface area is 125 Å². The van der Waals surface area contributed by atoms with E-state index >= 15 is 0 Å². The van der Waals surface area contributed by atoms with Crippen LogP contribution in [0.3, 0.4) is 0 Å². The molecule has 0 unspecified atom stereocenters. The van der Waals surface area contributed by atoms with Crippen LogP contribution in [0.25, 0.3) is 0 Å². The van der Waals surface area contributed by atoms with Crippen molar-refractivity contribution >= 4 is 0 Å². The van der Waals surface area contributed by atoms with Crippen LogP contribution in [-0.4, -0.2) is 42.0 Å². The third kappa shape index (κ3) is 4.06. The van der Waals surface area contributed by atoms with Gasteiger partial charge in [0.2, 0.25) is 5.88 Å². The Morgan fingerprint density at radius 2 is 2.05 bits per heavy atom. The maximum Gasteiger partial charge on any atom is 0.417 e. The molecule has 0 radical (unpaired) electrons. The highest BCUT2D eigenvalue weighted by molar-refractivity contribution is 5.20. The molecular weight excluding hydrogens is 307 g/mol. The van der Waals surface area contributed by atoms with E-state index in [4.69, 9.17) is 4.74 Å². The number of likely N-dealkylation sites (tertiary alicyclic amines) is 1. The van der Waals surface area contributed by atoms with Gasteiger partial charge < -0.3 is 4.74 Å². The summed E-state index contributed by atoms with van der Waals surface area (Å²) in [4.78, 5) is 5.11. The summed E-state index contributed by atoms with van der Waals surface area (Å²) in [5, 5.41) is 0. The van der Waals surface area contributed by atoms with Gasteiger partial charge in [0.1, 0.15) is 6.61 Å². The second kappa shape index (κ2) is 5.98. The number of pyridine rings is 1. The van der Waals surface area contributed by atoms with Crippen LogP contribution in [0.1, 0.15) is 18.9 Å². The lowest BCUT2D eigenvalue weighted by molar-refractivity contribution is -0.137. The summed E-state index contributed by atoms with van der Waals surface area (Å²) in [6.45, 7) is 1.45. The van der Waals surface area contributed by atoms with Crippen LogP contribution in [0.5, 0.6) is 5.88 Å². The fourth-order valence-corrected chi connectivity index (χ4v) is 2.68. The third-order valence-electron chi connectivity index (χ3n) is 3.79. The Morgan fingerprint density at radius 1 is 1.36 bits per heavy atom. The zero-order valence-corrected chi connectivity index (χ0v) is 12.2. The molecule has 0 aliphatic carbocycles. The molecule has 0 N–H and O–H groups in total. The molecule has 0 saturated carbocycles. The molecule has 0 amide bonds. The van der Waals surface area contributed by atoms with Crippen molar-refractivity contribution in [2.45, 2.75) is 31.5 Å². The molecule has 22 heavy (non-hydrogen) atoms. The van der Waals surface area contributed by atoms with E-state index in [0.717, 1.165) is 12.1 Å². The Hall–Kier alpha value is -1.44. The van der Waals surface area contributed by atoms with Crippen molar-refractivity contribution < 1.29 is 26.7 Å². The molecule has 2 heterocycles. The van der Waals surface area contributed by atoms with Crippen LogP contribution in [0.15, 0.2) is 18.3 Å². The van der Waals surface area contributed by atoms with E-state index in [1.807, 2.05) is 0 Å². The maximum absolute atomic E-state index is 13.4. The van der Waals surface area contributed by atoms with Crippen molar-refractivity contribution in [3.63, 3.8) is 0 Å². The zero-order chi connectivity index (χ0) is 16.5. The first-order valence-corrected chi connectivity index (χ1v) is 6.82. The summed E-state index contributed by atoms with van der Waals surface area (Å²) < 4.78 is 69.4. The summed E-state index contributed by atoms with van der Waals surface area (Å²) in [5.74, 6) is -2.97. The monoisotopic (exact) mass is 324 g/mol. The SMILES string of the molecule is C[C@@H]1CC(F)(F)CN(C)[C@@H]1COc1ccc(C(F)(F)F)cn1. The Morgan fingerprint density at radius 3 is 2.55 bits per heavy atom. The lowest BCUT2D eigenvalue weighted by Crippen LogP contribution is -2.53. The van der Waals surface area contributed by atoms with E-state index < -0.39 is 17.7 Å². The van der Waals surface area contributed by atoms with Crippen molar-refractivity contribution in [2.24, 2.45) is 5.92 Å². The maximum atomic E-state index is 13.4. The molecule has 124 valence electrons. The number of likely N-dealkylation sites (N-methyl/N-ethyl adjacent to an activating group) is 1. The molecule has 1 aliphatic heterocycles. The highest BCUT2D eigenvalue weighted by Gasteiger charge is 2.42. The summed E-state index contributed by atoms with van der Waals surface area (Å²) in [5.41, 5.74) is -0.859. The van der Waals surface area contributed by atoms with Crippen molar-refractivity contribution in [1.82, 2.24) is 9.88 Å². The van der Waals surface area contributed by atoms with Gasteiger partial charge in [0.05, 0.1) is 12.1 Å². The van der Waals surface area contributed by atoms with E-state index in [9.17, 15) is 22.0 Å². The van der Waals surface area contributed by atoms with Crippen LogP contribution in [0.2, 0.25) is 0 Å². The predicted octanol–water partition coefficient (Wildman–Crippen LogP) is 3.45. The van der Waals surface area contributed by atoms with Gasteiger partial charge in [-0.15, -0.1) is 0 Å². The minimum absolute atomic E-state index is 0.0472. The first kappa shape index (κ1) is 16.9. The van der Waals surface area contributed by atoms with E-state index in [-0.39, 0.29) is 37.4 Å².